The summed E-state index contributed by atoms with van der Waals surface area (Å²) in [4.78, 5) is 17.8. The Bertz CT molecular complexity index is 729. The number of aromatic amines is 1. The second kappa shape index (κ2) is 4.49. The van der Waals surface area contributed by atoms with Gasteiger partial charge in [0.2, 0.25) is 0 Å². The van der Waals surface area contributed by atoms with Gasteiger partial charge in [-0.05, 0) is 18.2 Å². The molecule has 0 aliphatic rings. The molecule has 0 fully saturated rings. The molecule has 1 N–H and O–H groups in total. The van der Waals surface area contributed by atoms with Gasteiger partial charge in [0, 0.05) is 6.07 Å². The predicted molar refractivity (Wildman–Crippen MR) is 66.8 cm³/mol. The number of hydrogen-bond acceptors (Lipinski definition) is 5. The molecule has 0 radical (unpaired) electrons. The van der Waals surface area contributed by atoms with E-state index in [9.17, 15) is 4.79 Å². The largest absolute Gasteiger partial charge is 0.494 e. The highest BCUT2D eigenvalue weighted by atomic mass is 16.6. The van der Waals surface area contributed by atoms with Crippen LogP contribution < -0.4 is 9.47 Å². The lowest BCUT2D eigenvalue weighted by Gasteiger charge is -1.97. The van der Waals surface area contributed by atoms with Crippen LogP contribution in [0.5, 0.6) is 17.7 Å². The highest BCUT2D eigenvalue weighted by Crippen LogP contribution is 2.28. The van der Waals surface area contributed by atoms with Gasteiger partial charge in [-0.1, -0.05) is 6.07 Å². The SMILES string of the molecule is COc1cccc2[nH]c(Oc3ccc(C=O)o3)nc12. The zero-order valence-corrected chi connectivity index (χ0v) is 10.0. The van der Waals surface area contributed by atoms with Crippen LogP contribution in [0, 0.1) is 0 Å². The maximum atomic E-state index is 10.5. The van der Waals surface area contributed by atoms with Crippen LogP contribution in [-0.2, 0) is 0 Å². The number of fused-ring (bicyclic) bond motifs is 1. The fraction of sp³-hybridized carbons (Fsp3) is 0.0769. The molecule has 0 atom stereocenters. The quantitative estimate of drug-likeness (QED) is 0.728. The summed E-state index contributed by atoms with van der Waals surface area (Å²) in [5.41, 5.74) is 1.46. The van der Waals surface area contributed by atoms with Crippen molar-refractivity contribution < 1.29 is 18.7 Å². The molecule has 0 bridgehead atoms. The van der Waals surface area contributed by atoms with E-state index in [-0.39, 0.29) is 17.7 Å². The molecule has 0 unspecified atom stereocenters. The average Bonchev–Trinajstić information content (AvgIpc) is 3.04. The van der Waals surface area contributed by atoms with Gasteiger partial charge in [-0.3, -0.25) is 4.79 Å². The monoisotopic (exact) mass is 258 g/mol. The smallest absolute Gasteiger partial charge is 0.302 e. The second-order valence-corrected chi connectivity index (χ2v) is 3.78. The molecule has 0 aliphatic heterocycles. The molecular formula is C13H10N2O4. The number of methoxy groups -OCH3 is 1. The molecule has 6 nitrogen and oxygen atoms in total. The standard InChI is InChI=1S/C13H10N2O4/c1-17-10-4-2-3-9-12(10)15-13(14-9)19-11-6-5-8(7-16)18-11/h2-7H,1H3,(H,14,15). The van der Waals surface area contributed by atoms with E-state index in [4.69, 9.17) is 13.9 Å². The fourth-order valence-corrected chi connectivity index (χ4v) is 1.74. The predicted octanol–water partition coefficient (Wildman–Crippen LogP) is 2.77. The first-order valence-electron chi connectivity index (χ1n) is 5.56. The van der Waals surface area contributed by atoms with Gasteiger partial charge in [0.1, 0.15) is 11.3 Å². The zero-order valence-electron chi connectivity index (χ0n) is 10.0. The first kappa shape index (κ1) is 11.3. The van der Waals surface area contributed by atoms with E-state index in [1.54, 1.807) is 13.2 Å². The third-order valence-electron chi connectivity index (χ3n) is 2.59. The van der Waals surface area contributed by atoms with Gasteiger partial charge >= 0.3 is 6.01 Å². The number of carbonyl (C=O) groups excluding carboxylic acids is 1. The van der Waals surface area contributed by atoms with Crippen LogP contribution in [0.25, 0.3) is 11.0 Å². The van der Waals surface area contributed by atoms with E-state index < -0.39 is 0 Å². The first-order valence-corrected chi connectivity index (χ1v) is 5.56. The Labute approximate surface area is 108 Å². The van der Waals surface area contributed by atoms with Crippen LogP contribution in [0.3, 0.4) is 0 Å². The van der Waals surface area contributed by atoms with E-state index in [0.29, 0.717) is 17.6 Å². The van der Waals surface area contributed by atoms with Crippen LogP contribution in [-0.4, -0.2) is 23.4 Å². The van der Waals surface area contributed by atoms with Crippen molar-refractivity contribution in [1.29, 1.82) is 0 Å². The summed E-state index contributed by atoms with van der Waals surface area (Å²) in [5, 5.41) is 0. The van der Waals surface area contributed by atoms with Crippen molar-refractivity contribution in [3.63, 3.8) is 0 Å². The first-order chi connectivity index (χ1) is 9.30. The van der Waals surface area contributed by atoms with Crippen LogP contribution in [0.2, 0.25) is 0 Å². The number of rotatable bonds is 4. The highest BCUT2D eigenvalue weighted by molar-refractivity contribution is 5.82. The molecule has 0 saturated carbocycles. The molecular weight excluding hydrogens is 248 g/mol. The maximum Gasteiger partial charge on any atom is 0.302 e. The molecule has 3 rings (SSSR count). The van der Waals surface area contributed by atoms with E-state index >= 15 is 0 Å². The van der Waals surface area contributed by atoms with Crippen molar-refractivity contribution in [1.82, 2.24) is 9.97 Å². The lowest BCUT2D eigenvalue weighted by molar-refractivity contribution is 0.109. The normalized spacial score (nSPS) is 10.6. The maximum absolute atomic E-state index is 10.5. The highest BCUT2D eigenvalue weighted by Gasteiger charge is 2.10. The number of hydrogen-bond donors (Lipinski definition) is 1. The fourth-order valence-electron chi connectivity index (χ4n) is 1.74. The average molecular weight is 258 g/mol. The van der Waals surface area contributed by atoms with E-state index in [1.807, 2.05) is 18.2 Å². The van der Waals surface area contributed by atoms with Crippen molar-refractivity contribution in [2.75, 3.05) is 7.11 Å². The number of furan rings is 1. The molecule has 0 amide bonds. The summed E-state index contributed by atoms with van der Waals surface area (Å²) in [6.07, 6.45) is 0.606. The molecule has 0 aliphatic carbocycles. The number of nitrogens with zero attached hydrogens (tertiary/aromatic N) is 1. The number of nitrogens with one attached hydrogen (secondary N) is 1. The van der Waals surface area contributed by atoms with E-state index in [0.717, 1.165) is 5.52 Å². The minimum atomic E-state index is 0.195. The number of carbonyl (C=O) groups is 1. The number of imidazole rings is 1. The third kappa shape index (κ3) is 2.03. The molecule has 0 spiro atoms. The lowest BCUT2D eigenvalue weighted by atomic mass is 10.3. The van der Waals surface area contributed by atoms with Crippen molar-refractivity contribution in [3.05, 3.63) is 36.1 Å². The number of benzene rings is 1. The molecule has 6 heteroatoms. The van der Waals surface area contributed by atoms with Gasteiger partial charge in [-0.15, -0.1) is 0 Å². The molecule has 2 aromatic heterocycles. The van der Waals surface area contributed by atoms with Crippen LogP contribution in [0.15, 0.2) is 34.7 Å². The van der Waals surface area contributed by atoms with Crippen LogP contribution in [0.1, 0.15) is 10.6 Å². The molecule has 1 aromatic carbocycles. The van der Waals surface area contributed by atoms with Crippen molar-refractivity contribution in [3.8, 4) is 17.7 Å². The Morgan fingerprint density at radius 2 is 2.21 bits per heavy atom. The Kier molecular flexibility index (Phi) is 2.68. The van der Waals surface area contributed by atoms with E-state index in [2.05, 4.69) is 9.97 Å². The summed E-state index contributed by atoms with van der Waals surface area (Å²) < 4.78 is 15.7. The van der Waals surface area contributed by atoms with Gasteiger partial charge in [-0.2, -0.15) is 4.98 Å². The zero-order chi connectivity index (χ0) is 13.2. The topological polar surface area (TPSA) is 77.4 Å². The molecule has 0 saturated heterocycles. The number of aldehydes is 1. The van der Waals surface area contributed by atoms with Gasteiger partial charge in [-0.25, -0.2) is 0 Å². The minimum Gasteiger partial charge on any atom is -0.494 e. The van der Waals surface area contributed by atoms with Crippen molar-refractivity contribution in [2.24, 2.45) is 0 Å². The van der Waals surface area contributed by atoms with Gasteiger partial charge in [0.15, 0.2) is 12.0 Å². The van der Waals surface area contributed by atoms with Crippen molar-refractivity contribution in [2.45, 2.75) is 0 Å². The van der Waals surface area contributed by atoms with Gasteiger partial charge in [0.25, 0.3) is 5.95 Å². The Morgan fingerprint density at radius 3 is 2.95 bits per heavy atom. The summed E-state index contributed by atoms with van der Waals surface area (Å²) in [7, 11) is 1.58. The molecule has 2 heterocycles. The minimum absolute atomic E-state index is 0.195. The summed E-state index contributed by atoms with van der Waals surface area (Å²) in [6, 6.07) is 8.85. The van der Waals surface area contributed by atoms with E-state index in [1.165, 1.54) is 6.07 Å². The number of ether oxygens (including phenoxy) is 2. The number of para-hydroxylation sites is 1. The molecule has 3 aromatic rings. The Hall–Kier alpha value is -2.76. The lowest BCUT2D eigenvalue weighted by Crippen LogP contribution is -1.84. The summed E-state index contributed by atoms with van der Waals surface area (Å²) >= 11 is 0. The van der Waals surface area contributed by atoms with Crippen LogP contribution >= 0.6 is 0 Å². The van der Waals surface area contributed by atoms with Crippen molar-refractivity contribution >= 4 is 17.3 Å². The Balaban J connectivity index is 1.95. The van der Waals surface area contributed by atoms with Gasteiger partial charge < -0.3 is 18.9 Å². The third-order valence-corrected chi connectivity index (χ3v) is 2.59. The summed E-state index contributed by atoms with van der Waals surface area (Å²) in [6.45, 7) is 0. The summed E-state index contributed by atoms with van der Waals surface area (Å²) in [5.74, 6) is 1.04. The Morgan fingerprint density at radius 1 is 1.32 bits per heavy atom. The molecule has 19 heavy (non-hydrogen) atoms. The number of H-pyrrole nitrogens is 1. The molecule has 96 valence electrons. The second-order valence-electron chi connectivity index (χ2n) is 3.78. The van der Waals surface area contributed by atoms with Crippen LogP contribution in [0.4, 0.5) is 0 Å². The van der Waals surface area contributed by atoms with Gasteiger partial charge in [0.05, 0.1) is 12.6 Å². The number of aromatic nitrogens is 2.